The Morgan fingerprint density at radius 1 is 1.61 bits per heavy atom. The number of aromatic nitrogens is 2. The smallest absolute Gasteiger partial charge is 0.322 e. The highest BCUT2D eigenvalue weighted by atomic mass is 16.4. The highest BCUT2D eigenvalue weighted by molar-refractivity contribution is 5.90. The molecule has 1 saturated heterocycles. The van der Waals surface area contributed by atoms with Crippen molar-refractivity contribution >= 4 is 11.9 Å². The van der Waals surface area contributed by atoms with Gasteiger partial charge in [0, 0.05) is 13.5 Å². The first-order valence-corrected chi connectivity index (χ1v) is 5.99. The van der Waals surface area contributed by atoms with Crippen LogP contribution >= 0.6 is 0 Å². The number of carbonyl (C=O) groups excluding carboxylic acids is 1. The van der Waals surface area contributed by atoms with Crippen molar-refractivity contribution in [1.29, 1.82) is 0 Å². The molecular weight excluding hydrogens is 236 g/mol. The van der Waals surface area contributed by atoms with E-state index in [1.807, 2.05) is 4.90 Å². The van der Waals surface area contributed by atoms with Gasteiger partial charge in [-0.05, 0) is 26.3 Å². The largest absolute Gasteiger partial charge is 0.408 e. The minimum absolute atomic E-state index is 0.112. The van der Waals surface area contributed by atoms with Crippen molar-refractivity contribution in [2.75, 3.05) is 25.0 Å². The summed E-state index contributed by atoms with van der Waals surface area (Å²) in [6, 6.07) is 0.112. The minimum Gasteiger partial charge on any atom is -0.408 e. The van der Waals surface area contributed by atoms with Crippen molar-refractivity contribution in [3.8, 4) is 0 Å². The van der Waals surface area contributed by atoms with Crippen LogP contribution < -0.4 is 5.32 Å². The third kappa shape index (κ3) is 3.51. The molecule has 0 spiro atoms. The van der Waals surface area contributed by atoms with Crippen LogP contribution in [0.4, 0.5) is 6.01 Å². The maximum absolute atomic E-state index is 11.7. The van der Waals surface area contributed by atoms with Crippen molar-refractivity contribution < 1.29 is 14.3 Å². The second-order valence-corrected chi connectivity index (χ2v) is 4.99. The van der Waals surface area contributed by atoms with Crippen LogP contribution in [0.2, 0.25) is 0 Å². The van der Waals surface area contributed by atoms with Gasteiger partial charge in [0.1, 0.15) is 0 Å². The van der Waals surface area contributed by atoms with Crippen LogP contribution in [0.3, 0.4) is 0 Å². The van der Waals surface area contributed by atoms with Crippen LogP contribution in [-0.2, 0) is 4.79 Å². The Hall–Kier alpha value is -1.47. The van der Waals surface area contributed by atoms with Crippen molar-refractivity contribution in [1.82, 2.24) is 15.1 Å². The van der Waals surface area contributed by atoms with Crippen molar-refractivity contribution in [2.45, 2.75) is 32.3 Å². The molecule has 1 aromatic heterocycles. The Bertz CT molecular complexity index is 430. The lowest BCUT2D eigenvalue weighted by Crippen LogP contribution is -2.48. The third-order valence-corrected chi connectivity index (χ3v) is 2.89. The molecule has 1 atom stereocenters. The first-order chi connectivity index (χ1) is 8.44. The number of amides is 1. The average Bonchev–Trinajstić information content (AvgIpc) is 2.62. The predicted octanol–water partition coefficient (Wildman–Crippen LogP) is 0.163. The summed E-state index contributed by atoms with van der Waals surface area (Å²) in [6.45, 7) is 4.98. The molecule has 2 rings (SSSR count). The molecular formula is C11H18N4O3. The van der Waals surface area contributed by atoms with Crippen LogP contribution in [0.25, 0.3) is 0 Å². The number of nitrogens with zero attached hydrogens (tertiary/aromatic N) is 3. The first kappa shape index (κ1) is 13.0. The zero-order valence-electron chi connectivity index (χ0n) is 10.6. The van der Waals surface area contributed by atoms with Gasteiger partial charge in [0.05, 0.1) is 12.1 Å². The molecule has 1 amide bonds. The number of hydrogen-bond acceptors (Lipinski definition) is 6. The van der Waals surface area contributed by atoms with Gasteiger partial charge in [-0.1, -0.05) is 5.10 Å². The Balaban J connectivity index is 1.84. The molecule has 2 N–H and O–H groups in total. The lowest BCUT2D eigenvalue weighted by Gasteiger charge is -2.36. The van der Waals surface area contributed by atoms with E-state index < -0.39 is 5.60 Å². The van der Waals surface area contributed by atoms with Gasteiger partial charge < -0.3 is 9.52 Å². The standard InChI is InChI=1S/C11H18N4O3/c1-8-13-14-10(18-8)12-9(16)6-15-5-3-4-11(2,17)7-15/h17H,3-7H2,1-2H3,(H,12,14,16). The summed E-state index contributed by atoms with van der Waals surface area (Å²) in [5.41, 5.74) is -0.709. The van der Waals surface area contributed by atoms with Crippen molar-refractivity contribution in [3.05, 3.63) is 5.89 Å². The minimum atomic E-state index is -0.709. The number of likely N-dealkylation sites (tertiary alicyclic amines) is 1. The Morgan fingerprint density at radius 3 is 3.00 bits per heavy atom. The van der Waals surface area contributed by atoms with Gasteiger partial charge in [-0.25, -0.2) is 0 Å². The highest BCUT2D eigenvalue weighted by Crippen LogP contribution is 2.19. The zero-order valence-corrected chi connectivity index (χ0v) is 10.6. The average molecular weight is 254 g/mol. The number of β-amino-alcohol motifs (C(OH)–C–C–N with tert-alkyl or cyclic N) is 1. The summed E-state index contributed by atoms with van der Waals surface area (Å²) in [5, 5.41) is 19.8. The molecule has 1 unspecified atom stereocenters. The molecule has 7 heteroatoms. The molecule has 0 radical (unpaired) electrons. The summed E-state index contributed by atoms with van der Waals surface area (Å²) >= 11 is 0. The number of piperidine rings is 1. The molecule has 18 heavy (non-hydrogen) atoms. The maximum atomic E-state index is 11.7. The second-order valence-electron chi connectivity index (χ2n) is 4.99. The van der Waals surface area contributed by atoms with E-state index in [9.17, 15) is 9.90 Å². The Kier molecular flexibility index (Phi) is 3.63. The fraction of sp³-hybridized carbons (Fsp3) is 0.727. The molecule has 0 bridgehead atoms. The monoisotopic (exact) mass is 254 g/mol. The summed E-state index contributed by atoms with van der Waals surface area (Å²) in [7, 11) is 0. The molecule has 100 valence electrons. The molecule has 0 aromatic carbocycles. The maximum Gasteiger partial charge on any atom is 0.322 e. The van der Waals surface area contributed by atoms with Crippen LogP contribution in [0, 0.1) is 6.92 Å². The van der Waals surface area contributed by atoms with E-state index in [1.165, 1.54) is 0 Å². The van der Waals surface area contributed by atoms with E-state index >= 15 is 0 Å². The first-order valence-electron chi connectivity index (χ1n) is 5.99. The van der Waals surface area contributed by atoms with Crippen LogP contribution in [-0.4, -0.2) is 51.3 Å². The lowest BCUT2D eigenvalue weighted by molar-refractivity contribution is -0.119. The summed E-state index contributed by atoms with van der Waals surface area (Å²) in [6.07, 6.45) is 1.66. The molecule has 1 fully saturated rings. The van der Waals surface area contributed by atoms with E-state index in [1.54, 1.807) is 13.8 Å². The van der Waals surface area contributed by atoms with Crippen LogP contribution in [0.15, 0.2) is 4.42 Å². The number of anilines is 1. The molecule has 0 aliphatic carbocycles. The van der Waals surface area contributed by atoms with Gasteiger partial charge in [-0.3, -0.25) is 15.0 Å². The molecule has 1 aliphatic rings. The SMILES string of the molecule is Cc1nnc(NC(=O)CN2CCCC(C)(O)C2)o1. The molecule has 1 aromatic rings. The van der Waals surface area contributed by atoms with E-state index in [-0.39, 0.29) is 18.5 Å². The summed E-state index contributed by atoms with van der Waals surface area (Å²) in [4.78, 5) is 13.7. The molecule has 7 nitrogen and oxygen atoms in total. The predicted molar refractivity (Wildman–Crippen MR) is 64.0 cm³/mol. The van der Waals surface area contributed by atoms with E-state index in [0.717, 1.165) is 19.4 Å². The van der Waals surface area contributed by atoms with Crippen LogP contribution in [0.1, 0.15) is 25.7 Å². The molecule has 2 heterocycles. The number of rotatable bonds is 3. The van der Waals surface area contributed by atoms with Crippen molar-refractivity contribution in [2.24, 2.45) is 0 Å². The van der Waals surface area contributed by atoms with Gasteiger partial charge in [-0.2, -0.15) is 0 Å². The quantitative estimate of drug-likeness (QED) is 0.798. The normalized spacial score (nSPS) is 25.1. The van der Waals surface area contributed by atoms with E-state index in [2.05, 4.69) is 15.5 Å². The van der Waals surface area contributed by atoms with E-state index in [4.69, 9.17) is 4.42 Å². The highest BCUT2D eigenvalue weighted by Gasteiger charge is 2.29. The topological polar surface area (TPSA) is 91.5 Å². The third-order valence-electron chi connectivity index (χ3n) is 2.89. The number of carbonyl (C=O) groups is 1. The van der Waals surface area contributed by atoms with Gasteiger partial charge >= 0.3 is 6.01 Å². The zero-order chi connectivity index (χ0) is 13.2. The second kappa shape index (κ2) is 5.03. The fourth-order valence-electron chi connectivity index (χ4n) is 2.17. The number of aliphatic hydroxyl groups is 1. The summed E-state index contributed by atoms with van der Waals surface area (Å²) < 4.78 is 5.06. The number of hydrogen-bond donors (Lipinski definition) is 2. The molecule has 1 aliphatic heterocycles. The summed E-state index contributed by atoms with van der Waals surface area (Å²) in [5.74, 6) is 0.197. The van der Waals surface area contributed by atoms with Gasteiger partial charge in [0.15, 0.2) is 0 Å². The van der Waals surface area contributed by atoms with Gasteiger partial charge in [-0.15, -0.1) is 5.10 Å². The lowest BCUT2D eigenvalue weighted by atomic mass is 9.95. The Morgan fingerprint density at radius 2 is 2.39 bits per heavy atom. The van der Waals surface area contributed by atoms with Crippen LogP contribution in [0.5, 0.6) is 0 Å². The fourth-order valence-corrected chi connectivity index (χ4v) is 2.17. The van der Waals surface area contributed by atoms with Gasteiger partial charge in [0.25, 0.3) is 0 Å². The Labute approximate surface area is 105 Å². The number of nitrogens with one attached hydrogen (secondary N) is 1. The number of aryl methyl sites for hydroxylation is 1. The van der Waals surface area contributed by atoms with E-state index in [0.29, 0.717) is 12.4 Å². The van der Waals surface area contributed by atoms with Gasteiger partial charge in [0.2, 0.25) is 11.8 Å². The van der Waals surface area contributed by atoms with Crippen molar-refractivity contribution in [3.63, 3.8) is 0 Å². The molecule has 0 saturated carbocycles.